The molecule has 13 rings (SSSR count). The van der Waals surface area contributed by atoms with Crippen molar-refractivity contribution >= 4 is 102 Å². The van der Waals surface area contributed by atoms with Crippen LogP contribution >= 0.6 is 19.6 Å². The third-order valence-corrected chi connectivity index (χ3v) is 15.0. The average Bonchev–Trinajstić information content (AvgIpc) is 1.74. The molecule has 0 unspecified atom stereocenters. The number of sulfonamides is 1. The second-order valence-corrected chi connectivity index (χ2v) is 29.1. The van der Waals surface area contributed by atoms with Crippen LogP contribution in [0.2, 0.25) is 0 Å². The number of carbonyl (C=O) groups excluding carboxylic acids is 2. The number of aryl methyl sites for hydroxylation is 3. The Morgan fingerprint density at radius 3 is 1.15 bits per heavy atom. The fourth-order valence-electron chi connectivity index (χ4n) is 6.31. The first-order valence-electron chi connectivity index (χ1n) is 33.0. The lowest BCUT2D eigenvalue weighted by Crippen LogP contribution is -2.14. The van der Waals surface area contributed by atoms with Crippen LogP contribution in [0.15, 0.2) is 77.6 Å². The molecule has 0 amide bonds. The number of hydrogen-bond acceptors (Lipinski definition) is 51. The zero-order valence-electron chi connectivity index (χ0n) is 65.2. The molecular weight excluding hydrogens is 1900 g/mol. The number of nitrogens with two attached hydrogens (primary N) is 3. The summed E-state index contributed by atoms with van der Waals surface area (Å²) in [6.07, 6.45) is 12.4. The largest absolute Gasteiger partial charge is 0.481 e. The van der Waals surface area contributed by atoms with Crippen molar-refractivity contribution in [1.29, 1.82) is 0 Å². The monoisotopic (exact) mass is 1970 g/mol. The highest BCUT2D eigenvalue weighted by atomic mass is 32.2. The molecule has 0 aromatic carbocycles. The van der Waals surface area contributed by atoms with Crippen molar-refractivity contribution in [3.63, 3.8) is 0 Å². The number of primary sulfonamides is 1. The van der Waals surface area contributed by atoms with Gasteiger partial charge in [-0.1, -0.05) is 5.04 Å². The number of nitrogens with one attached hydrogen (secondary N) is 13. The molecule has 130 heavy (non-hydrogen) atoms. The van der Waals surface area contributed by atoms with Crippen LogP contribution in [0.3, 0.4) is 0 Å². The molecule has 0 aliphatic heterocycles. The number of aliphatic hydroxyl groups excluding tert-OH is 2. The first kappa shape index (κ1) is 115. The molecule has 0 fully saturated rings. The molecular formula is C49H75N42O33PS5. The number of rotatable bonds is 29. The molecule has 0 spiro atoms. The molecule has 714 valence electrons. The molecule has 13 heterocycles. The van der Waals surface area contributed by atoms with E-state index in [0.29, 0.717) is 67.1 Å². The Morgan fingerprint density at radius 1 is 0.454 bits per heavy atom. The van der Waals surface area contributed by atoms with Crippen molar-refractivity contribution in [2.75, 3.05) is 13.2 Å². The van der Waals surface area contributed by atoms with Crippen molar-refractivity contribution in [3.8, 4) is 0 Å². The number of aliphatic carboxylic acids is 5. The van der Waals surface area contributed by atoms with Crippen molar-refractivity contribution in [3.05, 3.63) is 133 Å². The van der Waals surface area contributed by atoms with Gasteiger partial charge in [-0.15, -0.1) is 19.6 Å². The second kappa shape index (κ2) is 63.7. The van der Waals surface area contributed by atoms with E-state index >= 15 is 0 Å². The standard InChI is InChI=1S/C5H7N3O5S.C5H5N3O4.2C5H7N3O2.C4H6N4O4S.C4H8N4.C4H7N3O.C3H6N4.C3H6N3O3P.C3H5N3O3S.C3H5N3O.2C2H3N3O3S.CO2/c9-4(10)2-1-3-6-5(8-7-3)14-13-12-11;9-3(10)1-2-6-4(5(11)12)8-7-2;1-3-6-4(8-7-3)2-5(9)10;9-5(10)2-1-4-6-3-7-8-4;5-13(11,12)4-6-2(7-8-4)1-3(9)10;5-2-1-4-6-3-7-8-4;8-2-1-4-5-3-6-7-4;4-1-3-5-2-6-7-3;2*7-10(8,9)1-3-4-2-5-6-3;7-1-3-4-2-5-6-3;2*6-9(7,8)2-3-1-4-5-2;2-1-3/h11H,1-2H2,(H,9,10)(H,6,7,8);1H2,(H,9,10)(H,11,12)(H,6,7,8);2H2,1H3,(H,9,10)(H,6,7,8);3H,1-2H2,(H,9,10)(H,6,7,8);1H2,(H,9,10)(H2,5,11,12)(H,6,7,8);3H,1-2,5H2,(H,6,7,8);3,8H,1-2H2,(H,5,6,7);2H,1,4H2,(H,5,6,7);2H,1H2,(H,4,5,6)(H2,7,8,9);2H,1H2,(H,4,5,6)(H,7,8,9);2,7H,1H2,(H,4,5,6);2*1H,(H,3,4,5)(H,6,7,8);. The Morgan fingerprint density at radius 2 is 0.846 bits per heavy atom. The highest BCUT2D eigenvalue weighted by Crippen LogP contribution is 2.37. The van der Waals surface area contributed by atoms with Crippen LogP contribution in [0.4, 0.5) is 0 Å². The minimum atomic E-state index is -4.19. The molecule has 75 nitrogen and oxygen atoms in total. The van der Waals surface area contributed by atoms with Gasteiger partial charge >= 0.3 is 69.8 Å². The van der Waals surface area contributed by atoms with E-state index in [9.17, 15) is 67.0 Å². The number of carboxylic acids is 6. The van der Waals surface area contributed by atoms with Gasteiger partial charge in [-0.2, -0.15) is 85.8 Å². The van der Waals surface area contributed by atoms with Gasteiger partial charge in [0, 0.05) is 25.7 Å². The van der Waals surface area contributed by atoms with E-state index in [-0.39, 0.29) is 86.1 Å². The van der Waals surface area contributed by atoms with E-state index in [1.807, 2.05) is 10.2 Å². The summed E-state index contributed by atoms with van der Waals surface area (Å²) < 4.78 is 121. The van der Waals surface area contributed by atoms with E-state index in [1.54, 1.807) is 6.92 Å². The molecule has 13 aromatic rings. The fourth-order valence-corrected chi connectivity index (χ4v) is 8.77. The molecule has 13 aromatic heterocycles. The number of carbonyl (C=O) groups is 6. The molecule has 81 heteroatoms. The number of aromatic nitrogens is 39. The molecule has 0 aliphatic carbocycles. The average molecular weight is 1970 g/mol. The lowest BCUT2D eigenvalue weighted by Gasteiger charge is -1.97. The quantitative estimate of drug-likeness (QED) is 0.00680. The summed E-state index contributed by atoms with van der Waals surface area (Å²) in [6, 6.07) is 0. The van der Waals surface area contributed by atoms with Gasteiger partial charge in [-0.3, -0.25) is 98.3 Å². The zero-order valence-corrected chi connectivity index (χ0v) is 70.1. The van der Waals surface area contributed by atoms with E-state index < -0.39 is 117 Å². The first-order valence-corrected chi connectivity index (χ1v) is 41.5. The molecule has 0 saturated heterocycles. The summed E-state index contributed by atoms with van der Waals surface area (Å²) in [4.78, 5) is 140. The fraction of sp³-hybridized carbons (Fsp3) is 0.327. The van der Waals surface area contributed by atoms with Crippen molar-refractivity contribution in [2.24, 2.45) is 16.6 Å². The van der Waals surface area contributed by atoms with Crippen LogP contribution in [-0.2, 0) is 158 Å². The Hall–Kier alpha value is -15.1. The van der Waals surface area contributed by atoms with Crippen molar-refractivity contribution in [2.45, 2.75) is 110 Å². The van der Waals surface area contributed by atoms with Gasteiger partial charge in [-0.05, 0) is 13.5 Å². The number of nitrogens with zero attached hydrogens (tertiary/aromatic N) is 26. The molecule has 33 N–H and O–H groups in total. The SMILES string of the molecule is Cc1nc(CC(=O)O)n[nH]1.NCCc1ncn[nH]1.NCc1ncn[nH]1.NS(=O)(=O)c1n[nH]c(CC(=O)O)n1.O=C(O)CCc1nc(SOOO)n[nH]1.O=C(O)CCc1ncn[nH]1.O=C(O)Cc1nc(C(=O)O)n[nH]1.O=C=O.O=P(O)(O)Cc1ncn[nH]1.O=S(=O)(O)Cc1ncn[nH]1.O=S(=O)(O)c1ncn[nH]1.O=S(=O)(O)c1ncn[nH]1.OCCc1ncn[nH]1.OCc1ncn[nH]1. The maximum Gasteiger partial charge on any atom is 0.375 e. The topological polar surface area (TPSA) is 1210 Å². The van der Waals surface area contributed by atoms with Crippen LogP contribution in [0.25, 0.3) is 0 Å². The molecule has 0 aliphatic rings. The maximum atomic E-state index is 10.6. The van der Waals surface area contributed by atoms with Gasteiger partial charge in [0.05, 0.1) is 26.0 Å². The van der Waals surface area contributed by atoms with E-state index in [2.05, 4.69) is 202 Å². The lowest BCUT2D eigenvalue weighted by molar-refractivity contribution is -0.432. The van der Waals surface area contributed by atoms with Crippen LogP contribution in [0, 0.1) is 6.92 Å². The number of aromatic amines is 13. The summed E-state index contributed by atoms with van der Waals surface area (Å²) in [6.45, 7) is 2.82. The van der Waals surface area contributed by atoms with Gasteiger partial charge in [-0.25, -0.2) is 98.6 Å². The van der Waals surface area contributed by atoms with Gasteiger partial charge in [0.2, 0.25) is 5.16 Å². The van der Waals surface area contributed by atoms with Crippen LogP contribution in [0.1, 0.15) is 93.4 Å². The smallest absolute Gasteiger partial charge is 0.375 e. The zero-order chi connectivity index (χ0) is 98.2. The number of aromatic carboxylic acids is 1. The highest BCUT2D eigenvalue weighted by Gasteiger charge is 2.19. The maximum absolute atomic E-state index is 10.6. The van der Waals surface area contributed by atoms with Crippen molar-refractivity contribution in [1.82, 2.24) is 197 Å². The van der Waals surface area contributed by atoms with Gasteiger partial charge in [0.25, 0.3) is 41.4 Å². The van der Waals surface area contributed by atoms with E-state index in [4.69, 9.17) is 90.6 Å². The first-order chi connectivity index (χ1) is 61.2. The lowest BCUT2D eigenvalue weighted by atomic mass is 10.3. The van der Waals surface area contributed by atoms with Gasteiger partial charge in [0.1, 0.15) is 171 Å². The normalized spacial score (nSPS) is 10.3. The number of H-pyrrole nitrogens is 13. The van der Waals surface area contributed by atoms with Crippen LogP contribution in [-0.4, -0.2) is 356 Å². The number of hydrogen-bond donors (Lipinski definition) is 30. The third-order valence-electron chi connectivity index (χ3n) is 11.2. The summed E-state index contributed by atoms with van der Waals surface area (Å²) in [5, 5.41) is 157. The summed E-state index contributed by atoms with van der Waals surface area (Å²) in [5.74, 6) is -2.02. The molecule has 0 saturated carbocycles. The summed E-state index contributed by atoms with van der Waals surface area (Å²) in [7, 11) is -20.3. The van der Waals surface area contributed by atoms with Gasteiger partial charge < -0.3 is 62.1 Å². The highest BCUT2D eigenvalue weighted by molar-refractivity contribution is 7.94. The molecule has 0 bridgehead atoms. The minimum absolute atomic E-state index is 0.0277. The Bertz CT molecular complexity index is 5610. The summed E-state index contributed by atoms with van der Waals surface area (Å²) in [5.41, 5.74) is 10.4. The van der Waals surface area contributed by atoms with Crippen molar-refractivity contribution < 1.29 is 156 Å². The third kappa shape index (κ3) is 61.3. The van der Waals surface area contributed by atoms with Crippen LogP contribution < -0.4 is 16.6 Å². The molecule has 0 atom stereocenters. The minimum Gasteiger partial charge on any atom is -0.481 e. The van der Waals surface area contributed by atoms with Gasteiger partial charge in [0.15, 0.2) is 5.82 Å². The molecule has 0 radical (unpaired) electrons. The Labute approximate surface area is 724 Å². The van der Waals surface area contributed by atoms with E-state index in [1.165, 1.54) is 44.3 Å². The number of carboxylic acid groups (broad SMARTS) is 6. The second-order valence-electron chi connectivity index (χ2n) is 21.2. The Balaban J connectivity index is 0.00000139. The van der Waals surface area contributed by atoms with Crippen LogP contribution in [0.5, 0.6) is 0 Å². The van der Waals surface area contributed by atoms with E-state index in [0.717, 1.165) is 36.5 Å². The predicted octanol–water partition coefficient (Wildman–Crippen LogP) is -9.58. The Kier molecular flexibility index (Phi) is 56.3. The number of aliphatic hydroxyl groups is 2. The predicted molar refractivity (Wildman–Crippen MR) is 406 cm³/mol. The summed E-state index contributed by atoms with van der Waals surface area (Å²) >= 11 is 0.602.